The van der Waals surface area contributed by atoms with E-state index in [-0.39, 0.29) is 23.2 Å². The molecule has 1 unspecified atom stereocenters. The minimum Gasteiger partial charge on any atom is -0.326 e. The molecule has 1 aliphatic heterocycles. The quantitative estimate of drug-likeness (QED) is 0.404. The number of amidine groups is 1. The van der Waals surface area contributed by atoms with Gasteiger partial charge in [-0.2, -0.15) is 35.7 Å². The van der Waals surface area contributed by atoms with Gasteiger partial charge in [-0.1, -0.05) is 17.8 Å². The maximum absolute atomic E-state index is 13.6. The maximum atomic E-state index is 13.6. The van der Waals surface area contributed by atoms with Crippen molar-refractivity contribution in [1.82, 2.24) is 15.3 Å². The Morgan fingerprint density at radius 1 is 1.12 bits per heavy atom. The van der Waals surface area contributed by atoms with Crippen LogP contribution in [-0.4, -0.2) is 49.6 Å². The minimum atomic E-state index is -6.45. The summed E-state index contributed by atoms with van der Waals surface area (Å²) in [7, 11) is 0. The Balaban J connectivity index is 1.62. The first kappa shape index (κ1) is 25.7. The summed E-state index contributed by atoms with van der Waals surface area (Å²) in [6.07, 6.45) is -3.95. The van der Waals surface area contributed by atoms with Gasteiger partial charge in [0.05, 0.1) is 0 Å². The Bertz CT molecular complexity index is 1100. The smallest absolute Gasteiger partial charge is 0.326 e. The topological polar surface area (TPSA) is 96.3 Å². The fourth-order valence-electron chi connectivity index (χ4n) is 2.43. The van der Waals surface area contributed by atoms with Crippen molar-refractivity contribution >= 4 is 52.1 Å². The van der Waals surface area contributed by atoms with Crippen LogP contribution in [-0.2, 0) is 9.59 Å². The van der Waals surface area contributed by atoms with Crippen molar-refractivity contribution in [3.05, 3.63) is 42.7 Å². The van der Waals surface area contributed by atoms with Crippen molar-refractivity contribution in [2.75, 3.05) is 5.32 Å². The number of aromatic nitrogens is 2. The highest BCUT2D eigenvalue weighted by Gasteiger charge is 2.73. The molecule has 2 heterocycles. The zero-order valence-corrected chi connectivity index (χ0v) is 18.1. The number of thioether (sulfide) groups is 2. The average Bonchev–Trinajstić information content (AvgIpc) is 3.06. The number of hydrogen-bond acceptors (Lipinski definition) is 7. The predicted molar refractivity (Wildman–Crippen MR) is 110 cm³/mol. The molecule has 2 N–H and O–H groups in total. The van der Waals surface area contributed by atoms with Gasteiger partial charge in [-0.3, -0.25) is 9.59 Å². The van der Waals surface area contributed by atoms with Gasteiger partial charge in [-0.15, -0.1) is 0 Å². The summed E-state index contributed by atoms with van der Waals surface area (Å²) in [6.45, 7) is 0. The molecule has 1 aliphatic rings. The SMILES string of the molecule is O=C(CC1S/C(=N\c2ncccn2)NC1=O)Nc1cccc(SC(F)(F)C(F)(F)C(F)(F)F)c1. The van der Waals surface area contributed by atoms with Gasteiger partial charge in [0.15, 0.2) is 5.17 Å². The van der Waals surface area contributed by atoms with Crippen LogP contribution < -0.4 is 10.6 Å². The van der Waals surface area contributed by atoms with Crippen LogP contribution in [0.2, 0.25) is 0 Å². The summed E-state index contributed by atoms with van der Waals surface area (Å²) in [5, 5.41) is -1.50. The second-order valence-corrected chi connectivity index (χ2v) is 8.91. The largest absolute Gasteiger partial charge is 0.460 e. The number of nitrogens with one attached hydrogen (secondary N) is 2. The van der Waals surface area contributed by atoms with Gasteiger partial charge >= 0.3 is 17.4 Å². The predicted octanol–water partition coefficient (Wildman–Crippen LogP) is 4.61. The van der Waals surface area contributed by atoms with E-state index in [4.69, 9.17) is 0 Å². The molecule has 3 rings (SSSR count). The minimum absolute atomic E-state index is 0.0811. The van der Waals surface area contributed by atoms with E-state index < -0.39 is 51.1 Å². The molecule has 7 nitrogen and oxygen atoms in total. The number of anilines is 1. The second kappa shape index (κ2) is 9.77. The molecular weight excluding hydrogens is 515 g/mol. The highest BCUT2D eigenvalue weighted by atomic mass is 32.2. The Morgan fingerprint density at radius 2 is 1.79 bits per heavy atom. The Kier molecular flexibility index (Phi) is 7.40. The van der Waals surface area contributed by atoms with Crippen LogP contribution in [0, 0.1) is 0 Å². The van der Waals surface area contributed by atoms with Crippen molar-refractivity contribution in [1.29, 1.82) is 0 Å². The van der Waals surface area contributed by atoms with Gasteiger partial charge in [-0.05, 0) is 36.0 Å². The van der Waals surface area contributed by atoms with Crippen LogP contribution in [0.3, 0.4) is 0 Å². The van der Waals surface area contributed by atoms with E-state index in [1.165, 1.54) is 18.5 Å². The highest BCUT2D eigenvalue weighted by molar-refractivity contribution is 8.15. The van der Waals surface area contributed by atoms with Crippen LogP contribution >= 0.6 is 23.5 Å². The summed E-state index contributed by atoms with van der Waals surface area (Å²) in [4.78, 5) is 35.4. The van der Waals surface area contributed by atoms with E-state index in [1.807, 2.05) is 0 Å². The molecular formula is C18H12F7N5O2S2. The van der Waals surface area contributed by atoms with Gasteiger partial charge in [0, 0.05) is 29.4 Å². The molecule has 1 atom stereocenters. The standard InChI is InChI=1S/C18H12F7N5O2S2/c19-16(20,17(21,22)23)18(24,25)34-10-4-1-3-9(7-10)28-12(31)8-11-13(32)29-15(33-11)30-14-26-5-2-6-27-14/h1-7,11H,8H2,(H,28,31)(H,26,27,29,30,32). The molecule has 0 radical (unpaired) electrons. The lowest BCUT2D eigenvalue weighted by Crippen LogP contribution is -2.49. The zero-order valence-electron chi connectivity index (χ0n) is 16.4. The third-order valence-corrected chi connectivity index (χ3v) is 6.07. The summed E-state index contributed by atoms with van der Waals surface area (Å²) in [5.74, 6) is -7.47. The molecule has 182 valence electrons. The molecule has 1 aromatic heterocycles. The summed E-state index contributed by atoms with van der Waals surface area (Å²) in [5.41, 5.74) is -0.142. The van der Waals surface area contributed by atoms with Gasteiger partial charge in [0.2, 0.25) is 11.8 Å². The molecule has 34 heavy (non-hydrogen) atoms. The van der Waals surface area contributed by atoms with Crippen molar-refractivity contribution in [2.45, 2.75) is 33.9 Å². The fraction of sp³-hybridized carbons (Fsp3) is 0.278. The fourth-order valence-corrected chi connectivity index (χ4v) is 4.26. The van der Waals surface area contributed by atoms with Gasteiger partial charge < -0.3 is 10.6 Å². The molecule has 1 saturated heterocycles. The summed E-state index contributed by atoms with van der Waals surface area (Å²) in [6, 6.07) is 5.55. The average molecular weight is 527 g/mol. The van der Waals surface area contributed by atoms with Crippen LogP contribution in [0.4, 0.5) is 42.4 Å². The van der Waals surface area contributed by atoms with Crippen LogP contribution in [0.25, 0.3) is 0 Å². The van der Waals surface area contributed by atoms with E-state index >= 15 is 0 Å². The van der Waals surface area contributed by atoms with E-state index in [0.717, 1.165) is 30.0 Å². The van der Waals surface area contributed by atoms with Gasteiger partial charge in [-0.25, -0.2) is 9.97 Å². The molecule has 2 aromatic rings. The lowest BCUT2D eigenvalue weighted by molar-refractivity contribution is -0.330. The molecule has 0 spiro atoms. The first-order valence-electron chi connectivity index (χ1n) is 9.03. The van der Waals surface area contributed by atoms with E-state index in [9.17, 15) is 40.3 Å². The van der Waals surface area contributed by atoms with Gasteiger partial charge in [0.25, 0.3) is 5.95 Å². The normalized spacial score (nSPS) is 18.1. The molecule has 2 amide bonds. The van der Waals surface area contributed by atoms with Crippen molar-refractivity contribution in [2.24, 2.45) is 4.99 Å². The van der Waals surface area contributed by atoms with Crippen molar-refractivity contribution in [3.63, 3.8) is 0 Å². The summed E-state index contributed by atoms with van der Waals surface area (Å²) >= 11 is -0.0711. The number of aliphatic imine (C=N–C) groups is 1. The van der Waals surface area contributed by atoms with Crippen LogP contribution in [0.1, 0.15) is 6.42 Å². The number of halogens is 7. The zero-order chi connectivity index (χ0) is 25.1. The number of amides is 2. The third kappa shape index (κ3) is 5.97. The third-order valence-electron chi connectivity index (χ3n) is 3.99. The Morgan fingerprint density at radius 3 is 2.44 bits per heavy atom. The monoisotopic (exact) mass is 527 g/mol. The molecule has 0 saturated carbocycles. The number of rotatable bonds is 7. The van der Waals surface area contributed by atoms with Gasteiger partial charge in [0.1, 0.15) is 5.25 Å². The first-order valence-corrected chi connectivity index (χ1v) is 10.7. The van der Waals surface area contributed by atoms with E-state index in [2.05, 4.69) is 25.6 Å². The molecule has 0 bridgehead atoms. The number of benzene rings is 1. The Labute approximate surface area is 195 Å². The first-order chi connectivity index (χ1) is 15.8. The molecule has 1 fully saturated rings. The molecule has 0 aliphatic carbocycles. The van der Waals surface area contributed by atoms with Crippen molar-refractivity contribution in [3.8, 4) is 0 Å². The molecule has 16 heteroatoms. The van der Waals surface area contributed by atoms with Crippen LogP contribution in [0.5, 0.6) is 0 Å². The number of nitrogens with zero attached hydrogens (tertiary/aromatic N) is 3. The van der Waals surface area contributed by atoms with E-state index in [1.54, 1.807) is 6.07 Å². The lowest BCUT2D eigenvalue weighted by Gasteiger charge is -2.27. The lowest BCUT2D eigenvalue weighted by atomic mass is 10.2. The summed E-state index contributed by atoms with van der Waals surface area (Å²) < 4.78 is 90.4. The Hall–Kier alpha value is -2.88. The number of carbonyl (C=O) groups excluding carboxylic acids is 2. The molecule has 1 aromatic carbocycles. The number of carbonyl (C=O) groups is 2. The maximum Gasteiger partial charge on any atom is 0.460 e. The van der Waals surface area contributed by atoms with Crippen LogP contribution in [0.15, 0.2) is 52.6 Å². The second-order valence-electron chi connectivity index (χ2n) is 6.53. The number of alkyl halides is 7. The number of hydrogen-bond donors (Lipinski definition) is 2. The van der Waals surface area contributed by atoms with Crippen molar-refractivity contribution < 1.29 is 40.3 Å². The highest BCUT2D eigenvalue weighted by Crippen LogP contribution is 2.53. The van der Waals surface area contributed by atoms with E-state index in [0.29, 0.717) is 0 Å².